The lowest BCUT2D eigenvalue weighted by atomic mass is 10.2. The molecule has 0 unspecified atom stereocenters. The normalized spacial score (nSPS) is 10.3. The highest BCUT2D eigenvalue weighted by molar-refractivity contribution is 6.31. The van der Waals surface area contributed by atoms with Gasteiger partial charge in [0.25, 0.3) is 0 Å². The Hall–Kier alpha value is -1.91. The van der Waals surface area contributed by atoms with Gasteiger partial charge in [-0.2, -0.15) is 0 Å². The standard InChI is InChI=1S/C16H18ClNO3/c1-18-10-11-4-5-12(9-16(11)17)21-15-7-13(19-2)6-14(8-15)20-3/h4-9,18H,10H2,1-3H3. The summed E-state index contributed by atoms with van der Waals surface area (Å²) in [4.78, 5) is 0. The molecule has 0 aliphatic heterocycles. The van der Waals surface area contributed by atoms with E-state index in [2.05, 4.69) is 5.32 Å². The fourth-order valence-electron chi connectivity index (χ4n) is 1.90. The van der Waals surface area contributed by atoms with Crippen molar-refractivity contribution in [1.82, 2.24) is 5.32 Å². The highest BCUT2D eigenvalue weighted by atomic mass is 35.5. The van der Waals surface area contributed by atoms with E-state index in [1.54, 1.807) is 38.5 Å². The topological polar surface area (TPSA) is 39.7 Å². The highest BCUT2D eigenvalue weighted by Gasteiger charge is 2.06. The van der Waals surface area contributed by atoms with Gasteiger partial charge in [0.1, 0.15) is 23.0 Å². The molecule has 2 aromatic rings. The Bertz CT molecular complexity index is 594. The first kappa shape index (κ1) is 15.5. The molecule has 0 aliphatic carbocycles. The third kappa shape index (κ3) is 4.03. The van der Waals surface area contributed by atoms with Crippen LogP contribution < -0.4 is 19.5 Å². The fourth-order valence-corrected chi connectivity index (χ4v) is 2.14. The van der Waals surface area contributed by atoms with Crippen molar-refractivity contribution < 1.29 is 14.2 Å². The summed E-state index contributed by atoms with van der Waals surface area (Å²) >= 11 is 6.22. The maximum atomic E-state index is 6.22. The van der Waals surface area contributed by atoms with Gasteiger partial charge < -0.3 is 19.5 Å². The summed E-state index contributed by atoms with van der Waals surface area (Å²) in [6.45, 7) is 0.714. The number of hydrogen-bond donors (Lipinski definition) is 1. The minimum absolute atomic E-state index is 0.628. The predicted octanol–water partition coefficient (Wildman–Crippen LogP) is 3.87. The van der Waals surface area contributed by atoms with Crippen LogP contribution in [0, 0.1) is 0 Å². The van der Waals surface area contributed by atoms with Crippen LogP contribution in [0.15, 0.2) is 36.4 Å². The Morgan fingerprint density at radius 3 is 2.05 bits per heavy atom. The summed E-state index contributed by atoms with van der Waals surface area (Å²) in [5.74, 6) is 2.63. The van der Waals surface area contributed by atoms with Crippen LogP contribution in [-0.2, 0) is 6.54 Å². The summed E-state index contributed by atoms with van der Waals surface area (Å²) in [6, 6.07) is 11.0. The fraction of sp³-hybridized carbons (Fsp3) is 0.250. The molecule has 21 heavy (non-hydrogen) atoms. The molecule has 0 spiro atoms. The Balaban J connectivity index is 2.23. The number of ether oxygens (including phenoxy) is 3. The average Bonchev–Trinajstić information content (AvgIpc) is 2.49. The van der Waals surface area contributed by atoms with E-state index in [9.17, 15) is 0 Å². The Morgan fingerprint density at radius 2 is 1.52 bits per heavy atom. The number of rotatable bonds is 6. The second-order valence-electron chi connectivity index (χ2n) is 4.43. The van der Waals surface area contributed by atoms with Crippen molar-refractivity contribution in [2.45, 2.75) is 6.54 Å². The Kier molecular flexibility index (Phi) is 5.31. The van der Waals surface area contributed by atoms with E-state index in [1.165, 1.54) is 0 Å². The molecule has 0 amide bonds. The van der Waals surface area contributed by atoms with Crippen LogP contribution >= 0.6 is 11.6 Å². The number of benzene rings is 2. The SMILES string of the molecule is CNCc1ccc(Oc2cc(OC)cc(OC)c2)cc1Cl. The number of nitrogens with one attached hydrogen (secondary N) is 1. The van der Waals surface area contributed by atoms with E-state index in [0.29, 0.717) is 34.6 Å². The molecule has 112 valence electrons. The van der Waals surface area contributed by atoms with Crippen LogP contribution in [0.25, 0.3) is 0 Å². The molecule has 1 N–H and O–H groups in total. The summed E-state index contributed by atoms with van der Waals surface area (Å²) in [7, 11) is 5.08. The van der Waals surface area contributed by atoms with Gasteiger partial charge >= 0.3 is 0 Å². The number of halogens is 1. The van der Waals surface area contributed by atoms with Gasteiger partial charge in [-0.3, -0.25) is 0 Å². The first-order chi connectivity index (χ1) is 10.2. The van der Waals surface area contributed by atoms with Gasteiger partial charge in [0, 0.05) is 29.8 Å². The Labute approximate surface area is 129 Å². The van der Waals surface area contributed by atoms with Crippen LogP contribution in [0.1, 0.15) is 5.56 Å². The maximum Gasteiger partial charge on any atom is 0.134 e. The molecule has 2 rings (SSSR count). The van der Waals surface area contributed by atoms with Crippen molar-refractivity contribution >= 4 is 11.6 Å². The van der Waals surface area contributed by atoms with Gasteiger partial charge in [0.15, 0.2) is 0 Å². The predicted molar refractivity (Wildman–Crippen MR) is 83.8 cm³/mol. The maximum absolute atomic E-state index is 6.22. The van der Waals surface area contributed by atoms with Crippen molar-refractivity contribution in [2.75, 3.05) is 21.3 Å². The molecule has 4 nitrogen and oxygen atoms in total. The first-order valence-electron chi connectivity index (χ1n) is 6.50. The van der Waals surface area contributed by atoms with Gasteiger partial charge in [-0.05, 0) is 24.7 Å². The molecule has 0 atom stereocenters. The van der Waals surface area contributed by atoms with Gasteiger partial charge in [-0.1, -0.05) is 17.7 Å². The molecule has 0 saturated carbocycles. The summed E-state index contributed by atoms with van der Waals surface area (Å²) < 4.78 is 16.2. The quantitative estimate of drug-likeness (QED) is 0.879. The molecule has 0 aliphatic rings. The molecular weight excluding hydrogens is 290 g/mol. The zero-order valence-corrected chi connectivity index (χ0v) is 13.0. The lowest BCUT2D eigenvalue weighted by molar-refractivity contribution is 0.386. The van der Waals surface area contributed by atoms with Crippen LogP contribution in [0.2, 0.25) is 5.02 Å². The lowest BCUT2D eigenvalue weighted by Gasteiger charge is -2.11. The summed E-state index contributed by atoms with van der Waals surface area (Å²) in [5, 5.41) is 3.73. The molecule has 0 heterocycles. The lowest BCUT2D eigenvalue weighted by Crippen LogP contribution is -2.05. The Morgan fingerprint density at radius 1 is 0.905 bits per heavy atom. The van der Waals surface area contributed by atoms with E-state index in [4.69, 9.17) is 25.8 Å². The zero-order chi connectivity index (χ0) is 15.2. The summed E-state index contributed by atoms with van der Waals surface area (Å²) in [5.41, 5.74) is 1.02. The molecule has 0 radical (unpaired) electrons. The summed E-state index contributed by atoms with van der Waals surface area (Å²) in [6.07, 6.45) is 0. The van der Waals surface area contributed by atoms with Crippen molar-refractivity contribution in [1.29, 1.82) is 0 Å². The third-order valence-corrected chi connectivity index (χ3v) is 3.30. The van der Waals surface area contributed by atoms with Gasteiger partial charge in [-0.25, -0.2) is 0 Å². The molecule has 0 fully saturated rings. The van der Waals surface area contributed by atoms with Crippen molar-refractivity contribution in [3.05, 3.63) is 47.0 Å². The number of methoxy groups -OCH3 is 2. The van der Waals surface area contributed by atoms with E-state index in [1.807, 2.05) is 19.2 Å². The van der Waals surface area contributed by atoms with Gasteiger partial charge in [0.05, 0.1) is 14.2 Å². The van der Waals surface area contributed by atoms with Crippen LogP contribution in [0.3, 0.4) is 0 Å². The smallest absolute Gasteiger partial charge is 0.134 e. The van der Waals surface area contributed by atoms with Crippen molar-refractivity contribution in [3.8, 4) is 23.0 Å². The second-order valence-corrected chi connectivity index (χ2v) is 4.84. The monoisotopic (exact) mass is 307 g/mol. The largest absolute Gasteiger partial charge is 0.496 e. The third-order valence-electron chi connectivity index (χ3n) is 2.95. The van der Waals surface area contributed by atoms with Crippen molar-refractivity contribution in [3.63, 3.8) is 0 Å². The number of hydrogen-bond acceptors (Lipinski definition) is 4. The molecule has 2 aromatic carbocycles. The highest BCUT2D eigenvalue weighted by Crippen LogP contribution is 2.32. The van der Waals surface area contributed by atoms with E-state index in [-0.39, 0.29) is 0 Å². The second kappa shape index (κ2) is 7.20. The molecular formula is C16H18ClNO3. The van der Waals surface area contributed by atoms with Gasteiger partial charge in [0.2, 0.25) is 0 Å². The molecule has 0 aromatic heterocycles. The molecule has 0 bridgehead atoms. The average molecular weight is 308 g/mol. The van der Waals surface area contributed by atoms with Crippen LogP contribution in [0.4, 0.5) is 0 Å². The zero-order valence-electron chi connectivity index (χ0n) is 12.3. The van der Waals surface area contributed by atoms with E-state index >= 15 is 0 Å². The minimum atomic E-state index is 0.628. The molecule has 5 heteroatoms. The van der Waals surface area contributed by atoms with Crippen molar-refractivity contribution in [2.24, 2.45) is 0 Å². The van der Waals surface area contributed by atoms with Crippen LogP contribution in [0.5, 0.6) is 23.0 Å². The first-order valence-corrected chi connectivity index (χ1v) is 6.88. The van der Waals surface area contributed by atoms with Crippen LogP contribution in [-0.4, -0.2) is 21.3 Å². The molecule has 0 saturated heterocycles. The van der Waals surface area contributed by atoms with E-state index in [0.717, 1.165) is 5.56 Å². The van der Waals surface area contributed by atoms with Gasteiger partial charge in [-0.15, -0.1) is 0 Å². The minimum Gasteiger partial charge on any atom is -0.496 e. The van der Waals surface area contributed by atoms with E-state index < -0.39 is 0 Å².